The summed E-state index contributed by atoms with van der Waals surface area (Å²) in [7, 11) is 0. The number of hydrogen-bond donors (Lipinski definition) is 0. The third-order valence-electron chi connectivity index (χ3n) is 7.37. The van der Waals surface area contributed by atoms with E-state index < -0.39 is 17.2 Å². The van der Waals surface area contributed by atoms with Crippen molar-refractivity contribution in [2.24, 2.45) is 0 Å². The molecule has 0 aliphatic heterocycles. The molecule has 1 aliphatic carbocycles. The third kappa shape index (κ3) is 5.43. The van der Waals surface area contributed by atoms with Gasteiger partial charge in [-0.3, -0.25) is 9.59 Å². The van der Waals surface area contributed by atoms with E-state index in [1.54, 1.807) is 19.9 Å². The van der Waals surface area contributed by atoms with Crippen LogP contribution in [0.15, 0.2) is 77.3 Å². The Balaban J connectivity index is 1.30. The van der Waals surface area contributed by atoms with Crippen LogP contribution in [0.1, 0.15) is 58.9 Å². The molecule has 0 spiro atoms. The number of rotatable bonds is 9. The van der Waals surface area contributed by atoms with Crippen molar-refractivity contribution in [1.82, 2.24) is 5.16 Å². The number of hydrogen-bond acceptors (Lipinski definition) is 5. The van der Waals surface area contributed by atoms with Crippen molar-refractivity contribution in [2.45, 2.75) is 51.1 Å². The summed E-state index contributed by atoms with van der Waals surface area (Å²) in [6, 6.07) is 20.4. The van der Waals surface area contributed by atoms with Crippen LogP contribution in [0.5, 0.6) is 0 Å². The van der Waals surface area contributed by atoms with Gasteiger partial charge in [-0.25, -0.2) is 0 Å². The molecule has 0 saturated heterocycles. The van der Waals surface area contributed by atoms with Gasteiger partial charge in [0.25, 0.3) is 0 Å². The molecule has 206 valence electrons. The summed E-state index contributed by atoms with van der Waals surface area (Å²) in [4.78, 5) is 25.5. The molecule has 3 aromatic carbocycles. The number of ketones is 1. The Hall–Kier alpha value is -4.20. The molecule has 0 amide bonds. The normalized spacial score (nSPS) is 14.1. The number of halogens is 3. The van der Waals surface area contributed by atoms with Gasteiger partial charge in [0.1, 0.15) is 0 Å². The fourth-order valence-electron chi connectivity index (χ4n) is 4.98. The highest BCUT2D eigenvalue weighted by Gasteiger charge is 2.52. The van der Waals surface area contributed by atoms with Crippen molar-refractivity contribution in [2.75, 3.05) is 6.61 Å². The molecule has 4 aromatic rings. The second-order valence-electron chi connectivity index (χ2n) is 10.1. The number of nitrogens with zero attached hydrogens (tertiary/aromatic N) is 1. The van der Waals surface area contributed by atoms with Gasteiger partial charge in [0.15, 0.2) is 11.5 Å². The summed E-state index contributed by atoms with van der Waals surface area (Å²) < 4.78 is 49.9. The lowest BCUT2D eigenvalue weighted by molar-refractivity contribution is -0.146. The second kappa shape index (κ2) is 10.8. The Bertz CT molecular complexity index is 1530. The highest BCUT2D eigenvalue weighted by molar-refractivity contribution is 6.02. The minimum absolute atomic E-state index is 0.0219. The molecule has 1 saturated carbocycles. The first-order valence-electron chi connectivity index (χ1n) is 13.2. The van der Waals surface area contributed by atoms with E-state index in [1.165, 1.54) is 6.07 Å². The molecule has 0 atom stereocenters. The summed E-state index contributed by atoms with van der Waals surface area (Å²) in [6.45, 7) is 3.84. The quantitative estimate of drug-likeness (QED) is 0.158. The summed E-state index contributed by atoms with van der Waals surface area (Å²) in [5.74, 6) is -0.0883. The van der Waals surface area contributed by atoms with Crippen LogP contribution in [0, 0.1) is 6.92 Å². The minimum atomic E-state index is -4.44. The van der Waals surface area contributed by atoms with Gasteiger partial charge in [0.2, 0.25) is 0 Å². The molecular formula is C32H28F3NO4. The van der Waals surface area contributed by atoms with Gasteiger partial charge in [-0.15, -0.1) is 0 Å². The second-order valence-corrected chi connectivity index (χ2v) is 10.1. The Labute approximate surface area is 230 Å². The summed E-state index contributed by atoms with van der Waals surface area (Å²) in [6.07, 6.45) is -2.67. The molecule has 0 radical (unpaired) electrons. The molecule has 40 heavy (non-hydrogen) atoms. The fraction of sp³-hybridized carbons (Fsp3) is 0.281. The Morgan fingerprint density at radius 1 is 0.950 bits per heavy atom. The lowest BCUT2D eigenvalue weighted by Crippen LogP contribution is -2.23. The number of Topliss-reactive ketones (excluding diaryl/α,β-unsaturated/α-hetero) is 1. The molecular weight excluding hydrogens is 519 g/mol. The van der Waals surface area contributed by atoms with Crippen molar-refractivity contribution in [3.8, 4) is 22.5 Å². The first-order valence-corrected chi connectivity index (χ1v) is 13.2. The van der Waals surface area contributed by atoms with Crippen molar-refractivity contribution >= 4 is 11.8 Å². The van der Waals surface area contributed by atoms with E-state index in [1.807, 2.05) is 48.5 Å². The topological polar surface area (TPSA) is 69.4 Å². The van der Waals surface area contributed by atoms with Gasteiger partial charge < -0.3 is 9.26 Å². The first-order chi connectivity index (χ1) is 19.1. The SMILES string of the molecule is CCOC(=O)C1(c2ccc(-c3ccc(-c4onc(C)c4C(=O)CCc4cccc(C(F)(F)F)c4)cc3)cc2)CC1. The van der Waals surface area contributed by atoms with E-state index >= 15 is 0 Å². The van der Waals surface area contributed by atoms with Crippen LogP contribution in [0.25, 0.3) is 22.5 Å². The highest BCUT2D eigenvalue weighted by Crippen LogP contribution is 2.49. The van der Waals surface area contributed by atoms with Crippen LogP contribution in [-0.4, -0.2) is 23.5 Å². The number of alkyl halides is 3. The number of aromatic nitrogens is 1. The molecule has 1 heterocycles. The predicted octanol–water partition coefficient (Wildman–Crippen LogP) is 7.75. The summed E-state index contributed by atoms with van der Waals surface area (Å²) in [5, 5.41) is 3.98. The maximum atomic E-state index is 13.1. The molecule has 5 nitrogen and oxygen atoms in total. The lowest BCUT2D eigenvalue weighted by atomic mass is 9.93. The molecule has 1 aromatic heterocycles. The van der Waals surface area contributed by atoms with Crippen molar-refractivity contribution in [3.05, 3.63) is 101 Å². The summed E-state index contributed by atoms with van der Waals surface area (Å²) >= 11 is 0. The van der Waals surface area contributed by atoms with Crippen LogP contribution in [0.3, 0.4) is 0 Å². The van der Waals surface area contributed by atoms with Crippen LogP contribution < -0.4 is 0 Å². The molecule has 1 fully saturated rings. The number of ether oxygens (including phenoxy) is 1. The molecule has 8 heteroatoms. The zero-order chi connectivity index (χ0) is 28.5. The number of aryl methyl sites for hydroxylation is 2. The van der Waals surface area contributed by atoms with E-state index in [9.17, 15) is 22.8 Å². The predicted molar refractivity (Wildman–Crippen MR) is 144 cm³/mol. The third-order valence-corrected chi connectivity index (χ3v) is 7.37. The largest absolute Gasteiger partial charge is 0.465 e. The van der Waals surface area contributed by atoms with Crippen LogP contribution in [0.4, 0.5) is 13.2 Å². The van der Waals surface area contributed by atoms with Gasteiger partial charge in [0.05, 0.1) is 28.8 Å². The zero-order valence-electron chi connectivity index (χ0n) is 22.2. The Morgan fingerprint density at radius 3 is 2.17 bits per heavy atom. The zero-order valence-corrected chi connectivity index (χ0v) is 22.2. The summed E-state index contributed by atoms with van der Waals surface area (Å²) in [5.41, 5.74) is 3.48. The lowest BCUT2D eigenvalue weighted by Gasteiger charge is -2.14. The van der Waals surface area contributed by atoms with Crippen LogP contribution in [0.2, 0.25) is 0 Å². The number of carbonyl (C=O) groups is 2. The molecule has 5 rings (SSSR count). The number of carbonyl (C=O) groups excluding carboxylic acids is 2. The molecule has 1 aliphatic rings. The van der Waals surface area contributed by atoms with Crippen molar-refractivity contribution in [3.63, 3.8) is 0 Å². The van der Waals surface area contributed by atoms with Crippen LogP contribution in [-0.2, 0) is 27.5 Å². The molecule has 0 N–H and O–H groups in total. The van der Waals surface area contributed by atoms with Gasteiger partial charge in [0, 0.05) is 12.0 Å². The maximum Gasteiger partial charge on any atom is 0.416 e. The average molecular weight is 548 g/mol. The van der Waals surface area contributed by atoms with Crippen molar-refractivity contribution < 1.29 is 32.0 Å². The monoisotopic (exact) mass is 547 g/mol. The number of benzene rings is 3. The Morgan fingerprint density at radius 2 is 1.57 bits per heavy atom. The van der Waals surface area contributed by atoms with Crippen LogP contribution >= 0.6 is 0 Å². The van der Waals surface area contributed by atoms with E-state index in [0.717, 1.165) is 41.7 Å². The van der Waals surface area contributed by atoms with Crippen molar-refractivity contribution in [1.29, 1.82) is 0 Å². The van der Waals surface area contributed by atoms with E-state index in [-0.39, 0.29) is 24.6 Å². The average Bonchev–Trinajstić information content (AvgIpc) is 3.68. The number of esters is 1. The molecule has 0 unspecified atom stereocenters. The maximum absolute atomic E-state index is 13.1. The van der Waals surface area contributed by atoms with E-state index in [0.29, 0.717) is 34.8 Å². The Kier molecular flexibility index (Phi) is 7.36. The smallest absolute Gasteiger partial charge is 0.416 e. The first kappa shape index (κ1) is 27.4. The van der Waals surface area contributed by atoms with Gasteiger partial charge >= 0.3 is 12.1 Å². The molecule has 0 bridgehead atoms. The van der Waals surface area contributed by atoms with E-state index in [4.69, 9.17) is 9.26 Å². The standard InChI is InChI=1S/C32H28F3NO4/c1-3-39-30(38)31(17-18-31)25-14-12-23(13-15-25)22-8-10-24(11-9-22)29-28(20(2)36-40-29)27(37)16-7-21-5-4-6-26(19-21)32(33,34)35/h4-6,8-15,19H,3,7,16-18H2,1-2H3. The minimum Gasteiger partial charge on any atom is -0.465 e. The van der Waals surface area contributed by atoms with Gasteiger partial charge in [-0.2, -0.15) is 13.2 Å². The van der Waals surface area contributed by atoms with Gasteiger partial charge in [-0.1, -0.05) is 71.9 Å². The van der Waals surface area contributed by atoms with Gasteiger partial charge in [-0.05, 0) is 61.4 Å². The van der Waals surface area contributed by atoms with E-state index in [2.05, 4.69) is 5.16 Å². The highest BCUT2D eigenvalue weighted by atomic mass is 19.4. The fourth-order valence-corrected chi connectivity index (χ4v) is 4.98.